The van der Waals surface area contributed by atoms with Gasteiger partial charge < -0.3 is 5.11 Å². The van der Waals surface area contributed by atoms with Gasteiger partial charge in [-0.05, 0) is 17.5 Å². The molecule has 0 bridgehead atoms. The highest BCUT2D eigenvalue weighted by atomic mass is 32.1. The molecule has 0 radical (unpaired) electrons. The maximum atomic E-state index is 9.61. The van der Waals surface area contributed by atoms with E-state index in [1.807, 2.05) is 36.4 Å². The van der Waals surface area contributed by atoms with Gasteiger partial charge in [-0.15, -0.1) is 11.3 Å². The molecule has 1 N–H and O–H groups in total. The molecule has 2 rings (SSSR count). The molecule has 3 heteroatoms. The van der Waals surface area contributed by atoms with Crippen LogP contribution in [-0.4, -0.2) is 5.11 Å². The van der Waals surface area contributed by atoms with Crippen LogP contribution in [0.25, 0.3) is 10.1 Å². The number of aliphatic hydroxyl groups is 1. The van der Waals surface area contributed by atoms with Crippen LogP contribution in [0, 0.1) is 11.3 Å². The monoisotopic (exact) mass is 203 g/mol. The van der Waals surface area contributed by atoms with Gasteiger partial charge in [0.1, 0.15) is 6.10 Å². The fourth-order valence-electron chi connectivity index (χ4n) is 1.35. The fraction of sp³-hybridized carbons (Fsp3) is 0.182. The van der Waals surface area contributed by atoms with Crippen molar-refractivity contribution >= 4 is 21.4 Å². The second-order valence-corrected chi connectivity index (χ2v) is 4.18. The van der Waals surface area contributed by atoms with Crippen molar-refractivity contribution in [2.45, 2.75) is 12.5 Å². The lowest BCUT2D eigenvalue weighted by Crippen LogP contribution is -1.90. The van der Waals surface area contributed by atoms with E-state index in [1.165, 1.54) is 0 Å². The molecule has 0 aliphatic heterocycles. The summed E-state index contributed by atoms with van der Waals surface area (Å²) in [5.41, 5.74) is 0. The van der Waals surface area contributed by atoms with Gasteiger partial charge in [-0.2, -0.15) is 5.26 Å². The van der Waals surface area contributed by atoms with Crippen LogP contribution in [0.3, 0.4) is 0 Å². The van der Waals surface area contributed by atoms with Gasteiger partial charge in [0.25, 0.3) is 0 Å². The van der Waals surface area contributed by atoms with Crippen LogP contribution in [0.15, 0.2) is 30.3 Å². The van der Waals surface area contributed by atoms with E-state index < -0.39 is 6.10 Å². The summed E-state index contributed by atoms with van der Waals surface area (Å²) in [6, 6.07) is 11.9. The molecule has 0 aliphatic carbocycles. The van der Waals surface area contributed by atoms with Crippen LogP contribution < -0.4 is 0 Å². The zero-order valence-electron chi connectivity index (χ0n) is 7.47. The maximum absolute atomic E-state index is 9.61. The van der Waals surface area contributed by atoms with Crippen molar-refractivity contribution in [1.82, 2.24) is 0 Å². The second-order valence-electron chi connectivity index (χ2n) is 3.06. The zero-order valence-corrected chi connectivity index (χ0v) is 8.29. The number of aliphatic hydroxyl groups excluding tert-OH is 1. The van der Waals surface area contributed by atoms with Gasteiger partial charge in [-0.1, -0.05) is 18.2 Å². The van der Waals surface area contributed by atoms with Gasteiger partial charge in [0.15, 0.2) is 0 Å². The maximum Gasteiger partial charge on any atom is 0.101 e. The third-order valence-electron chi connectivity index (χ3n) is 2.06. The summed E-state index contributed by atoms with van der Waals surface area (Å²) in [5, 5.41) is 19.2. The van der Waals surface area contributed by atoms with Crippen LogP contribution in [-0.2, 0) is 0 Å². The summed E-state index contributed by atoms with van der Waals surface area (Å²) < 4.78 is 1.15. The molecule has 0 saturated heterocycles. The van der Waals surface area contributed by atoms with Crippen LogP contribution in [0.1, 0.15) is 17.4 Å². The molecule has 1 aromatic heterocycles. The largest absolute Gasteiger partial charge is 0.386 e. The quantitative estimate of drug-likeness (QED) is 0.815. The summed E-state index contributed by atoms with van der Waals surface area (Å²) in [7, 11) is 0. The molecular formula is C11H9NOS. The van der Waals surface area contributed by atoms with E-state index in [9.17, 15) is 5.11 Å². The van der Waals surface area contributed by atoms with E-state index >= 15 is 0 Å². The van der Waals surface area contributed by atoms with Crippen molar-refractivity contribution in [1.29, 1.82) is 5.26 Å². The zero-order chi connectivity index (χ0) is 9.97. The molecule has 14 heavy (non-hydrogen) atoms. The normalized spacial score (nSPS) is 12.6. The van der Waals surface area contributed by atoms with Crippen molar-refractivity contribution < 1.29 is 5.11 Å². The van der Waals surface area contributed by atoms with Crippen molar-refractivity contribution in [3.05, 3.63) is 35.2 Å². The number of hydrogen-bond donors (Lipinski definition) is 1. The van der Waals surface area contributed by atoms with Crippen molar-refractivity contribution in [3.63, 3.8) is 0 Å². The predicted molar refractivity (Wildman–Crippen MR) is 57.0 cm³/mol. The number of thiophene rings is 1. The predicted octanol–water partition coefficient (Wildman–Crippen LogP) is 2.85. The average molecular weight is 203 g/mol. The summed E-state index contributed by atoms with van der Waals surface area (Å²) in [6.45, 7) is 0. The fourth-order valence-corrected chi connectivity index (χ4v) is 2.40. The van der Waals surface area contributed by atoms with Gasteiger partial charge >= 0.3 is 0 Å². The van der Waals surface area contributed by atoms with Crippen LogP contribution in [0.4, 0.5) is 0 Å². The summed E-state index contributed by atoms with van der Waals surface area (Å²) >= 11 is 1.54. The standard InChI is InChI=1S/C11H9NOS/c12-6-5-9(13)11-7-8-3-1-2-4-10(8)14-11/h1-4,7,9,13H,5H2/t9-/m0/s1. The first-order valence-electron chi connectivity index (χ1n) is 4.35. The molecule has 2 nitrogen and oxygen atoms in total. The topological polar surface area (TPSA) is 44.0 Å². The Morgan fingerprint density at radius 3 is 2.93 bits per heavy atom. The molecule has 1 aromatic carbocycles. The molecule has 0 amide bonds. The van der Waals surface area contributed by atoms with Gasteiger partial charge in [0.05, 0.1) is 12.5 Å². The van der Waals surface area contributed by atoms with Gasteiger partial charge in [0, 0.05) is 9.58 Å². The molecule has 0 unspecified atom stereocenters. The molecule has 1 heterocycles. The Morgan fingerprint density at radius 2 is 2.21 bits per heavy atom. The van der Waals surface area contributed by atoms with E-state index in [0.717, 1.165) is 15.0 Å². The second kappa shape index (κ2) is 3.79. The smallest absolute Gasteiger partial charge is 0.101 e. The molecular weight excluding hydrogens is 194 g/mol. The van der Waals surface area contributed by atoms with Gasteiger partial charge in [0.2, 0.25) is 0 Å². The minimum Gasteiger partial charge on any atom is -0.386 e. The van der Waals surface area contributed by atoms with E-state index in [-0.39, 0.29) is 6.42 Å². The number of nitriles is 1. The number of benzene rings is 1. The van der Waals surface area contributed by atoms with E-state index in [1.54, 1.807) is 11.3 Å². The van der Waals surface area contributed by atoms with Gasteiger partial charge in [-0.3, -0.25) is 0 Å². The number of fused-ring (bicyclic) bond motifs is 1. The minimum atomic E-state index is -0.641. The summed E-state index contributed by atoms with van der Waals surface area (Å²) in [5.74, 6) is 0. The van der Waals surface area contributed by atoms with Crippen molar-refractivity contribution in [2.24, 2.45) is 0 Å². The highest BCUT2D eigenvalue weighted by Crippen LogP contribution is 2.30. The highest BCUT2D eigenvalue weighted by Gasteiger charge is 2.10. The lowest BCUT2D eigenvalue weighted by Gasteiger charge is -2.00. The lowest BCUT2D eigenvalue weighted by atomic mass is 10.2. The highest BCUT2D eigenvalue weighted by molar-refractivity contribution is 7.19. The van der Waals surface area contributed by atoms with Gasteiger partial charge in [-0.25, -0.2) is 0 Å². The molecule has 0 spiro atoms. The van der Waals surface area contributed by atoms with Crippen LogP contribution in [0.5, 0.6) is 0 Å². The summed E-state index contributed by atoms with van der Waals surface area (Å²) in [6.07, 6.45) is -0.482. The number of hydrogen-bond acceptors (Lipinski definition) is 3. The van der Waals surface area contributed by atoms with E-state index in [0.29, 0.717) is 0 Å². The molecule has 70 valence electrons. The van der Waals surface area contributed by atoms with Crippen LogP contribution in [0.2, 0.25) is 0 Å². The third kappa shape index (κ3) is 1.63. The molecule has 2 aromatic rings. The average Bonchev–Trinajstić information content (AvgIpc) is 2.61. The molecule has 1 atom stereocenters. The first-order chi connectivity index (χ1) is 6.81. The molecule has 0 fully saturated rings. The van der Waals surface area contributed by atoms with E-state index in [4.69, 9.17) is 5.26 Å². The van der Waals surface area contributed by atoms with Crippen molar-refractivity contribution in [3.8, 4) is 6.07 Å². The molecule has 0 aliphatic rings. The summed E-state index contributed by atoms with van der Waals surface area (Å²) in [4.78, 5) is 0.868. The Morgan fingerprint density at radius 1 is 1.43 bits per heavy atom. The Labute approximate surface area is 86.0 Å². The Hall–Kier alpha value is -1.37. The Balaban J connectivity index is 2.41. The SMILES string of the molecule is N#CC[C@H](O)c1cc2ccccc2s1. The minimum absolute atomic E-state index is 0.160. The number of rotatable bonds is 2. The third-order valence-corrected chi connectivity index (χ3v) is 3.27. The number of nitrogens with zero attached hydrogens (tertiary/aromatic N) is 1. The molecule has 0 saturated carbocycles. The van der Waals surface area contributed by atoms with Crippen molar-refractivity contribution in [2.75, 3.05) is 0 Å². The van der Waals surface area contributed by atoms with Crippen LogP contribution >= 0.6 is 11.3 Å². The Bertz CT molecular complexity index is 450. The lowest BCUT2D eigenvalue weighted by molar-refractivity contribution is 0.187. The Kier molecular flexibility index (Phi) is 2.49. The first kappa shape index (κ1) is 9.20. The van der Waals surface area contributed by atoms with E-state index in [2.05, 4.69) is 0 Å². The first-order valence-corrected chi connectivity index (χ1v) is 5.16.